The molecular weight excluding hydrogens is 436 g/mol. The van der Waals surface area contributed by atoms with Crippen LogP contribution in [-0.4, -0.2) is 42.9 Å². The van der Waals surface area contributed by atoms with Gasteiger partial charge in [-0.05, 0) is 55.3 Å². The number of nitriles is 2. The molecule has 0 radical (unpaired) electrons. The number of hydrogen-bond acceptors (Lipinski definition) is 6. The molecule has 0 saturated carbocycles. The van der Waals surface area contributed by atoms with Gasteiger partial charge in [0.15, 0.2) is 0 Å². The number of anilines is 1. The Morgan fingerprint density at radius 3 is 2.40 bits per heavy atom. The topological polar surface area (TPSA) is 83.5 Å². The first kappa shape index (κ1) is 24.3. The number of aliphatic hydroxyl groups excluding tert-OH is 1. The summed E-state index contributed by atoms with van der Waals surface area (Å²) < 4.78 is 5.53. The van der Waals surface area contributed by atoms with Gasteiger partial charge in [0.1, 0.15) is 18.4 Å². The van der Waals surface area contributed by atoms with Crippen LogP contribution in [0.2, 0.25) is 0 Å². The van der Waals surface area contributed by atoms with E-state index in [-0.39, 0.29) is 25.3 Å². The molecule has 0 aliphatic carbocycles. The average molecular weight is 467 g/mol. The number of hydrogen-bond donors (Lipinski definition) is 1. The van der Waals surface area contributed by atoms with Crippen molar-refractivity contribution in [2.75, 3.05) is 37.7 Å². The van der Waals surface area contributed by atoms with E-state index < -0.39 is 0 Å². The normalized spacial score (nSPS) is 16.8. The van der Waals surface area contributed by atoms with Crippen molar-refractivity contribution in [2.24, 2.45) is 0 Å². The predicted molar refractivity (Wildman–Crippen MR) is 136 cm³/mol. The Hall–Kier alpha value is -3.84. The van der Waals surface area contributed by atoms with Gasteiger partial charge in [0, 0.05) is 25.7 Å². The number of ether oxygens (including phenoxy) is 1. The lowest BCUT2D eigenvalue weighted by molar-refractivity contribution is 0.171. The molecule has 35 heavy (non-hydrogen) atoms. The fraction of sp³-hybridized carbons (Fsp3) is 0.310. The Morgan fingerprint density at radius 1 is 1.00 bits per heavy atom. The smallest absolute Gasteiger partial charge is 0.120 e. The molecule has 0 bridgehead atoms. The monoisotopic (exact) mass is 466 g/mol. The maximum atomic E-state index is 9.91. The van der Waals surface area contributed by atoms with Crippen LogP contribution in [0.5, 0.6) is 5.75 Å². The van der Waals surface area contributed by atoms with Gasteiger partial charge in [0.2, 0.25) is 0 Å². The van der Waals surface area contributed by atoms with Crippen LogP contribution in [0.25, 0.3) is 0 Å². The van der Waals surface area contributed by atoms with E-state index in [1.54, 1.807) is 6.07 Å². The summed E-state index contributed by atoms with van der Waals surface area (Å²) in [6, 6.07) is 26.8. The number of aliphatic hydroxyl groups is 1. The van der Waals surface area contributed by atoms with Gasteiger partial charge in [-0.1, -0.05) is 42.0 Å². The summed E-state index contributed by atoms with van der Waals surface area (Å²) in [4.78, 5) is 4.79. The summed E-state index contributed by atoms with van der Waals surface area (Å²) in [6.45, 7) is 6.83. The minimum Gasteiger partial charge on any atom is -0.491 e. The Balaban J connectivity index is 1.65. The van der Waals surface area contributed by atoms with Gasteiger partial charge in [0.05, 0.1) is 35.5 Å². The Kier molecular flexibility index (Phi) is 7.67. The quantitative estimate of drug-likeness (QED) is 0.542. The zero-order chi connectivity index (χ0) is 24.8. The molecule has 178 valence electrons. The van der Waals surface area contributed by atoms with Crippen molar-refractivity contribution in [1.82, 2.24) is 4.90 Å². The molecule has 1 aliphatic rings. The lowest BCUT2D eigenvalue weighted by Gasteiger charge is -2.45. The van der Waals surface area contributed by atoms with E-state index in [1.807, 2.05) is 36.4 Å². The van der Waals surface area contributed by atoms with E-state index in [1.165, 1.54) is 16.7 Å². The van der Waals surface area contributed by atoms with Crippen molar-refractivity contribution in [1.29, 1.82) is 10.5 Å². The predicted octanol–water partition coefficient (Wildman–Crippen LogP) is 4.73. The highest BCUT2D eigenvalue weighted by Gasteiger charge is 2.32. The molecule has 6 heteroatoms. The summed E-state index contributed by atoms with van der Waals surface area (Å²) in [5, 5.41) is 28.1. The minimum atomic E-state index is -0.0709. The van der Waals surface area contributed by atoms with Gasteiger partial charge >= 0.3 is 0 Å². The second-order valence-electron chi connectivity index (χ2n) is 8.89. The van der Waals surface area contributed by atoms with Crippen LogP contribution >= 0.6 is 0 Å². The highest BCUT2D eigenvalue weighted by Crippen LogP contribution is 2.36. The second kappa shape index (κ2) is 11.1. The third-order valence-electron chi connectivity index (χ3n) is 6.70. The molecular formula is C29H30N4O2. The maximum Gasteiger partial charge on any atom is 0.120 e. The van der Waals surface area contributed by atoms with Crippen LogP contribution in [0.1, 0.15) is 46.8 Å². The van der Waals surface area contributed by atoms with Crippen LogP contribution in [0.15, 0.2) is 66.7 Å². The molecule has 0 unspecified atom stereocenters. The highest BCUT2D eigenvalue weighted by atomic mass is 16.5. The fourth-order valence-electron chi connectivity index (χ4n) is 4.67. The Labute approximate surface area is 207 Å². The molecule has 0 amide bonds. The Morgan fingerprint density at radius 2 is 1.74 bits per heavy atom. The van der Waals surface area contributed by atoms with Crippen molar-refractivity contribution >= 4 is 5.69 Å². The lowest BCUT2D eigenvalue weighted by atomic mass is 9.96. The van der Waals surface area contributed by atoms with E-state index in [0.29, 0.717) is 16.9 Å². The van der Waals surface area contributed by atoms with Crippen molar-refractivity contribution in [2.45, 2.75) is 25.9 Å². The molecule has 1 aliphatic heterocycles. The minimum absolute atomic E-state index is 0.0708. The summed E-state index contributed by atoms with van der Waals surface area (Å²) in [5.41, 5.74) is 5.71. The first-order valence-corrected chi connectivity index (χ1v) is 11.9. The third kappa shape index (κ3) is 5.46. The first-order valence-electron chi connectivity index (χ1n) is 11.9. The molecule has 1 saturated heterocycles. The average Bonchev–Trinajstić information content (AvgIpc) is 2.91. The fourth-order valence-corrected chi connectivity index (χ4v) is 4.67. The molecule has 0 spiro atoms. The van der Waals surface area contributed by atoms with Crippen LogP contribution in [0, 0.1) is 29.6 Å². The Bertz CT molecular complexity index is 1230. The van der Waals surface area contributed by atoms with Gasteiger partial charge < -0.3 is 14.7 Å². The molecule has 0 aromatic heterocycles. The van der Waals surface area contributed by atoms with Gasteiger partial charge in [-0.2, -0.15) is 10.5 Å². The summed E-state index contributed by atoms with van der Waals surface area (Å²) in [5.74, 6) is 0.583. The largest absolute Gasteiger partial charge is 0.491 e. The second-order valence-corrected chi connectivity index (χ2v) is 8.89. The standard InChI is InChI=1S/C29H30N4O2/c1-21-3-7-25(8-4-21)29-20-32(22(2)24-9-5-23(18-30)6-10-24)13-14-33(29)28-12-11-27(35-16-15-34)17-26(28)19-31/h3-12,17,22,29,34H,13-16,20H2,1-2H3/t22-,29+/m1/s1. The molecule has 1 N–H and O–H groups in total. The number of aryl methyl sites for hydroxylation is 1. The van der Waals surface area contributed by atoms with Gasteiger partial charge in [-0.25, -0.2) is 0 Å². The zero-order valence-electron chi connectivity index (χ0n) is 20.2. The van der Waals surface area contributed by atoms with Crippen molar-refractivity contribution in [3.63, 3.8) is 0 Å². The van der Waals surface area contributed by atoms with E-state index in [0.717, 1.165) is 25.3 Å². The maximum absolute atomic E-state index is 9.91. The number of rotatable bonds is 7. The van der Waals surface area contributed by atoms with Crippen molar-refractivity contribution < 1.29 is 9.84 Å². The van der Waals surface area contributed by atoms with E-state index >= 15 is 0 Å². The van der Waals surface area contributed by atoms with E-state index in [2.05, 4.69) is 60.1 Å². The SMILES string of the molecule is Cc1ccc([C@@H]2CN([C@H](C)c3ccc(C#N)cc3)CCN2c2ccc(OCCO)cc2C#N)cc1. The molecule has 6 nitrogen and oxygen atoms in total. The lowest BCUT2D eigenvalue weighted by Crippen LogP contribution is -2.49. The summed E-state index contributed by atoms with van der Waals surface area (Å²) in [7, 11) is 0. The van der Waals surface area contributed by atoms with Crippen LogP contribution in [-0.2, 0) is 0 Å². The molecule has 3 aromatic carbocycles. The molecule has 4 rings (SSSR count). The van der Waals surface area contributed by atoms with Crippen LogP contribution < -0.4 is 9.64 Å². The van der Waals surface area contributed by atoms with Gasteiger partial charge in [-0.15, -0.1) is 0 Å². The molecule has 1 fully saturated rings. The van der Waals surface area contributed by atoms with Crippen molar-refractivity contribution in [3.8, 4) is 17.9 Å². The van der Waals surface area contributed by atoms with Gasteiger partial charge in [0.25, 0.3) is 0 Å². The first-order chi connectivity index (χ1) is 17.0. The van der Waals surface area contributed by atoms with Crippen LogP contribution in [0.3, 0.4) is 0 Å². The molecule has 1 heterocycles. The number of piperazine rings is 1. The zero-order valence-corrected chi connectivity index (χ0v) is 20.2. The van der Waals surface area contributed by atoms with Gasteiger partial charge in [-0.3, -0.25) is 4.90 Å². The third-order valence-corrected chi connectivity index (χ3v) is 6.70. The highest BCUT2D eigenvalue weighted by molar-refractivity contribution is 5.63. The number of benzene rings is 3. The van der Waals surface area contributed by atoms with Crippen molar-refractivity contribution in [3.05, 3.63) is 94.5 Å². The summed E-state index contributed by atoms with van der Waals surface area (Å²) >= 11 is 0. The summed E-state index contributed by atoms with van der Waals surface area (Å²) in [6.07, 6.45) is 0. The molecule has 3 aromatic rings. The van der Waals surface area contributed by atoms with Crippen LogP contribution in [0.4, 0.5) is 5.69 Å². The number of nitrogens with zero attached hydrogens (tertiary/aromatic N) is 4. The molecule has 2 atom stereocenters. The van der Waals surface area contributed by atoms with E-state index in [9.17, 15) is 5.26 Å². The van der Waals surface area contributed by atoms with E-state index in [4.69, 9.17) is 15.1 Å².